The summed E-state index contributed by atoms with van der Waals surface area (Å²) in [4.78, 5) is 12.6. The molecule has 3 heterocycles. The Labute approximate surface area is 234 Å². The number of fused-ring (bicyclic) bond motifs is 5. The fourth-order valence-corrected chi connectivity index (χ4v) is 6.26. The second-order valence-corrected chi connectivity index (χ2v) is 12.6. The molecule has 0 atom stereocenters. The van der Waals surface area contributed by atoms with Gasteiger partial charge in [-0.1, -0.05) is 90.9 Å². The third kappa shape index (κ3) is 3.93. The van der Waals surface area contributed by atoms with Gasteiger partial charge in [-0.3, -0.25) is 0 Å². The van der Waals surface area contributed by atoms with Gasteiger partial charge in [-0.15, -0.1) is 0 Å². The molecule has 5 heteroatoms. The van der Waals surface area contributed by atoms with Gasteiger partial charge in [0.15, 0.2) is 0 Å². The summed E-state index contributed by atoms with van der Waals surface area (Å²) in [5, 5.41) is 0. The van der Waals surface area contributed by atoms with Gasteiger partial charge in [0.2, 0.25) is 0 Å². The molecule has 0 bridgehead atoms. The predicted molar refractivity (Wildman–Crippen MR) is 167 cm³/mol. The van der Waals surface area contributed by atoms with E-state index in [0.29, 0.717) is 11.8 Å². The molecule has 0 fully saturated rings. The lowest BCUT2D eigenvalue weighted by Crippen LogP contribution is -2.52. The number of hydrogen-bond acceptors (Lipinski definition) is 4. The first kappa shape index (κ1) is 25.5. The average molecular weight is 515 g/mol. The van der Waals surface area contributed by atoms with Crippen LogP contribution in [0.3, 0.4) is 0 Å². The topological polar surface area (TPSA) is 22.6 Å². The number of aromatic nitrogens is 1. The van der Waals surface area contributed by atoms with Crippen LogP contribution in [-0.2, 0) is 5.41 Å². The number of pyridine rings is 1. The monoisotopic (exact) mass is 514 g/mol. The summed E-state index contributed by atoms with van der Waals surface area (Å²) in [5.41, 5.74) is 11.6. The largest absolute Gasteiger partial charge is 0.520 e. The molecule has 39 heavy (non-hydrogen) atoms. The zero-order valence-corrected chi connectivity index (χ0v) is 24.5. The third-order valence-electron chi connectivity index (χ3n) is 8.25. The summed E-state index contributed by atoms with van der Waals surface area (Å²) < 4.78 is 0. The lowest BCUT2D eigenvalue weighted by Gasteiger charge is -2.35. The summed E-state index contributed by atoms with van der Waals surface area (Å²) in [5.74, 6) is 1.76. The van der Waals surface area contributed by atoms with Crippen LogP contribution < -0.4 is 14.4 Å². The van der Waals surface area contributed by atoms with E-state index in [-0.39, 0.29) is 12.5 Å². The van der Waals surface area contributed by atoms with Crippen LogP contribution in [0, 0.1) is 6.92 Å². The van der Waals surface area contributed by atoms with Gasteiger partial charge in [-0.05, 0) is 76.8 Å². The van der Waals surface area contributed by atoms with Gasteiger partial charge < -0.3 is 14.4 Å². The van der Waals surface area contributed by atoms with Crippen molar-refractivity contribution in [1.29, 1.82) is 0 Å². The number of benzene rings is 3. The molecule has 2 aliphatic rings. The fraction of sp³-hybridized carbons (Fsp3) is 0.324. The van der Waals surface area contributed by atoms with Crippen molar-refractivity contribution in [3.8, 4) is 0 Å². The number of aryl methyl sites for hydroxylation is 1. The van der Waals surface area contributed by atoms with E-state index >= 15 is 0 Å². The summed E-state index contributed by atoms with van der Waals surface area (Å²) in [7, 11) is -0.0985. The van der Waals surface area contributed by atoms with E-state index in [9.17, 15) is 0 Å². The smallest absolute Gasteiger partial charge is 0.343 e. The van der Waals surface area contributed by atoms with Crippen molar-refractivity contribution >= 4 is 41.4 Å². The normalized spacial score (nSPS) is 14.4. The molecule has 198 valence electrons. The van der Waals surface area contributed by atoms with Crippen LogP contribution in [0.1, 0.15) is 82.6 Å². The molecule has 0 aliphatic carbocycles. The molecule has 0 radical (unpaired) electrons. The molecular weight excluding hydrogens is 475 g/mol. The summed E-state index contributed by atoms with van der Waals surface area (Å²) in [6.45, 7) is 18.3. The highest BCUT2D eigenvalue weighted by Gasteiger charge is 2.55. The van der Waals surface area contributed by atoms with E-state index in [0.717, 1.165) is 5.82 Å². The van der Waals surface area contributed by atoms with E-state index in [1.165, 1.54) is 50.7 Å². The van der Waals surface area contributed by atoms with E-state index < -0.39 is 0 Å². The maximum absolute atomic E-state index is 5.01. The molecule has 3 aromatic carbocycles. The van der Waals surface area contributed by atoms with Crippen LogP contribution >= 0.6 is 0 Å². The van der Waals surface area contributed by atoms with Gasteiger partial charge in [-0.25, -0.2) is 4.98 Å². The third-order valence-corrected chi connectivity index (χ3v) is 8.25. The lowest BCUT2D eigenvalue weighted by molar-refractivity contribution is 0.589. The minimum Gasteiger partial charge on any atom is -0.343 e. The molecule has 6 rings (SSSR count). The van der Waals surface area contributed by atoms with Gasteiger partial charge >= 0.3 is 7.12 Å². The number of hydrogen-bond donors (Lipinski definition) is 0. The molecule has 0 N–H and O–H groups in total. The molecule has 4 aromatic rings. The minimum absolute atomic E-state index is 0.0268. The van der Waals surface area contributed by atoms with Gasteiger partial charge in [0.25, 0.3) is 0 Å². The fourth-order valence-electron chi connectivity index (χ4n) is 6.26. The number of rotatable bonds is 4. The van der Waals surface area contributed by atoms with Gasteiger partial charge in [0.05, 0.1) is 22.7 Å². The predicted octanol–water partition coefficient (Wildman–Crippen LogP) is 9.36. The standard InChI is InChI=1S/C34H39BN4/c1-22(2)26-14-12-15-27(23(3)4)33(26)38-29-17-10-9-16-28(29)37-30-18-11-13-24(5)32(30)39(35(37)38)31-21-25(19-20-36-31)34(6,7)8/h9-23H,1-8H3. The van der Waals surface area contributed by atoms with Crippen molar-refractivity contribution in [3.05, 3.63) is 101 Å². The van der Waals surface area contributed by atoms with E-state index in [2.05, 4.69) is 143 Å². The molecule has 0 saturated carbocycles. The zero-order valence-electron chi connectivity index (χ0n) is 24.5. The van der Waals surface area contributed by atoms with Gasteiger partial charge in [-0.2, -0.15) is 0 Å². The summed E-state index contributed by atoms with van der Waals surface area (Å²) in [6.07, 6.45) is 1.98. The van der Waals surface area contributed by atoms with Crippen LogP contribution in [0.4, 0.5) is 34.3 Å². The summed E-state index contributed by atoms with van der Waals surface area (Å²) in [6, 6.07) is 26.8. The molecule has 0 spiro atoms. The zero-order chi connectivity index (χ0) is 27.6. The molecule has 0 saturated heterocycles. The van der Waals surface area contributed by atoms with Crippen LogP contribution in [0.25, 0.3) is 0 Å². The average Bonchev–Trinajstić information content (AvgIpc) is 3.41. The molecular formula is C34H39BN4. The van der Waals surface area contributed by atoms with Crippen LogP contribution in [-0.4, -0.2) is 12.1 Å². The van der Waals surface area contributed by atoms with Crippen molar-refractivity contribution in [2.24, 2.45) is 0 Å². The molecule has 4 nitrogen and oxygen atoms in total. The molecule has 0 unspecified atom stereocenters. The minimum atomic E-state index is -0.0985. The van der Waals surface area contributed by atoms with E-state index in [1.54, 1.807) is 0 Å². The first-order chi connectivity index (χ1) is 18.6. The highest BCUT2D eigenvalue weighted by atomic mass is 15.5. The number of anilines is 6. The quantitative estimate of drug-likeness (QED) is 0.253. The first-order valence-electron chi connectivity index (χ1n) is 14.2. The maximum Gasteiger partial charge on any atom is 0.520 e. The maximum atomic E-state index is 5.01. The Morgan fingerprint density at radius 2 is 1.26 bits per heavy atom. The lowest BCUT2D eigenvalue weighted by atomic mass is 9.82. The molecule has 2 aliphatic heterocycles. The van der Waals surface area contributed by atoms with Crippen molar-refractivity contribution in [1.82, 2.24) is 4.98 Å². The van der Waals surface area contributed by atoms with E-state index in [4.69, 9.17) is 4.98 Å². The number of para-hydroxylation sites is 4. The van der Waals surface area contributed by atoms with Gasteiger partial charge in [0, 0.05) is 11.9 Å². The first-order valence-corrected chi connectivity index (χ1v) is 14.2. The molecule has 0 amide bonds. The highest BCUT2D eigenvalue weighted by Crippen LogP contribution is 2.57. The Hall–Kier alpha value is -3.73. The Morgan fingerprint density at radius 1 is 0.667 bits per heavy atom. The summed E-state index contributed by atoms with van der Waals surface area (Å²) >= 11 is 0. The van der Waals surface area contributed by atoms with Crippen LogP contribution in [0.15, 0.2) is 79.0 Å². The van der Waals surface area contributed by atoms with Crippen molar-refractivity contribution in [3.63, 3.8) is 0 Å². The van der Waals surface area contributed by atoms with Crippen molar-refractivity contribution in [2.75, 3.05) is 14.4 Å². The second kappa shape index (κ2) is 9.19. The SMILES string of the molecule is Cc1cccc2c1N(c1cc(C(C)(C)C)ccn1)B1N2c2ccccc2N1c1c(C(C)C)cccc1C(C)C. The highest BCUT2D eigenvalue weighted by molar-refractivity contribution is 6.80. The van der Waals surface area contributed by atoms with Crippen LogP contribution in [0.5, 0.6) is 0 Å². The van der Waals surface area contributed by atoms with Gasteiger partial charge in [0.1, 0.15) is 5.82 Å². The van der Waals surface area contributed by atoms with E-state index in [1.807, 2.05) is 6.20 Å². The Balaban J connectivity index is 1.68. The molecule has 1 aromatic heterocycles. The van der Waals surface area contributed by atoms with Crippen molar-refractivity contribution < 1.29 is 0 Å². The van der Waals surface area contributed by atoms with Crippen molar-refractivity contribution in [2.45, 2.75) is 72.6 Å². The Morgan fingerprint density at radius 3 is 1.87 bits per heavy atom. The second-order valence-electron chi connectivity index (χ2n) is 12.6. The van der Waals surface area contributed by atoms with Crippen LogP contribution in [0.2, 0.25) is 0 Å². The Bertz CT molecular complexity index is 1530. The number of nitrogens with zero attached hydrogens (tertiary/aromatic N) is 4. The Kier molecular flexibility index (Phi) is 6.02.